The van der Waals surface area contributed by atoms with Crippen molar-refractivity contribution in [2.75, 3.05) is 31.5 Å². The quantitative estimate of drug-likeness (QED) is 0.332. The highest BCUT2D eigenvalue weighted by Crippen LogP contribution is 2.32. The first-order valence-electron chi connectivity index (χ1n) is 11.5. The molecule has 0 aliphatic rings. The van der Waals surface area contributed by atoms with E-state index in [1.807, 2.05) is 13.8 Å². The predicted molar refractivity (Wildman–Crippen MR) is 138 cm³/mol. The second-order valence-corrected chi connectivity index (χ2v) is 9.74. The maximum atomic E-state index is 14.0. The number of carbonyl (C=O) groups excluding carboxylic acids is 1. The van der Waals surface area contributed by atoms with Gasteiger partial charge in [0.05, 0.1) is 28.8 Å². The largest absolute Gasteiger partial charge is 0.465 e. The Bertz CT molecular complexity index is 1560. The Morgan fingerprint density at radius 3 is 2.64 bits per heavy atom. The molecule has 10 heteroatoms. The van der Waals surface area contributed by atoms with Crippen molar-refractivity contribution in [2.24, 2.45) is 0 Å². The molecule has 2 aromatic carbocycles. The Kier molecular flexibility index (Phi) is 7.37. The monoisotopic (exact) mass is 510 g/mol. The number of fused-ring (bicyclic) bond motifs is 3. The van der Waals surface area contributed by atoms with E-state index in [9.17, 15) is 17.6 Å². The maximum absolute atomic E-state index is 14.0. The van der Waals surface area contributed by atoms with Crippen LogP contribution in [0.1, 0.15) is 29.8 Å². The van der Waals surface area contributed by atoms with Crippen molar-refractivity contribution in [3.63, 3.8) is 0 Å². The summed E-state index contributed by atoms with van der Waals surface area (Å²) in [6, 6.07) is 10.2. The molecule has 0 spiro atoms. The van der Waals surface area contributed by atoms with Gasteiger partial charge in [-0.15, -0.1) is 0 Å². The van der Waals surface area contributed by atoms with Crippen molar-refractivity contribution >= 4 is 44.0 Å². The van der Waals surface area contributed by atoms with Gasteiger partial charge in [0.25, 0.3) is 10.0 Å². The number of pyridine rings is 1. The summed E-state index contributed by atoms with van der Waals surface area (Å²) in [7, 11) is -2.96. The van der Waals surface area contributed by atoms with Gasteiger partial charge in [-0.05, 0) is 55.1 Å². The third kappa shape index (κ3) is 4.95. The van der Waals surface area contributed by atoms with Crippen molar-refractivity contribution in [3.8, 4) is 0 Å². The van der Waals surface area contributed by atoms with Crippen LogP contribution in [0.15, 0.2) is 65.8 Å². The van der Waals surface area contributed by atoms with Crippen LogP contribution in [-0.2, 0) is 14.8 Å². The smallest absolute Gasteiger partial charge is 0.340 e. The Hall–Kier alpha value is -3.76. The number of aromatic nitrogens is 2. The molecule has 0 saturated carbocycles. The van der Waals surface area contributed by atoms with Crippen molar-refractivity contribution in [3.05, 3.63) is 77.9 Å². The summed E-state index contributed by atoms with van der Waals surface area (Å²) in [6.45, 7) is 6.32. The third-order valence-corrected chi connectivity index (χ3v) is 7.46. The number of carbonyl (C=O) groups is 1. The zero-order valence-electron chi connectivity index (χ0n) is 20.2. The molecule has 0 atom stereocenters. The molecule has 0 saturated heterocycles. The van der Waals surface area contributed by atoms with Gasteiger partial charge in [0.2, 0.25) is 0 Å². The van der Waals surface area contributed by atoms with E-state index < -0.39 is 21.8 Å². The molecule has 8 nitrogen and oxygen atoms in total. The summed E-state index contributed by atoms with van der Waals surface area (Å²) < 4.78 is 50.1. The lowest BCUT2D eigenvalue weighted by Crippen LogP contribution is -2.22. The number of methoxy groups -OCH3 is 1. The van der Waals surface area contributed by atoms with E-state index in [2.05, 4.69) is 14.7 Å². The highest BCUT2D eigenvalue weighted by atomic mass is 32.2. The number of sulfonamides is 1. The summed E-state index contributed by atoms with van der Waals surface area (Å²) >= 11 is 0. The van der Waals surface area contributed by atoms with Crippen LogP contribution in [0, 0.1) is 5.82 Å². The minimum atomic E-state index is -4.19. The highest BCUT2D eigenvalue weighted by molar-refractivity contribution is 7.92. The molecular weight excluding hydrogens is 483 g/mol. The Labute approximate surface area is 209 Å². The number of nitrogens with one attached hydrogen (secondary N) is 1. The van der Waals surface area contributed by atoms with Crippen LogP contribution in [0.4, 0.5) is 10.1 Å². The molecule has 0 bridgehead atoms. The van der Waals surface area contributed by atoms with Crippen LogP contribution in [0.5, 0.6) is 0 Å². The normalized spacial score (nSPS) is 12.1. The first-order chi connectivity index (χ1) is 17.3. The second kappa shape index (κ2) is 10.5. The topological polar surface area (TPSA) is 93.0 Å². The Morgan fingerprint density at radius 2 is 1.92 bits per heavy atom. The fourth-order valence-corrected chi connectivity index (χ4v) is 5.37. The number of esters is 1. The molecule has 188 valence electrons. The first kappa shape index (κ1) is 25.3. The van der Waals surface area contributed by atoms with Crippen LogP contribution in [0.3, 0.4) is 0 Å². The molecule has 2 heterocycles. The highest BCUT2D eigenvalue weighted by Gasteiger charge is 2.24. The Morgan fingerprint density at radius 1 is 1.14 bits per heavy atom. The van der Waals surface area contributed by atoms with E-state index in [1.165, 1.54) is 25.3 Å². The molecule has 0 amide bonds. The summed E-state index contributed by atoms with van der Waals surface area (Å²) in [5, 5.41) is 5.41. The standard InChI is InChI=1S/C26H27FN4O4S/c1-4-30(5-2)15-6-7-18-17-19(27)8-11-24(18)36(33,34)29-22-10-9-20-21(25(22)26(32)35-3)13-16-31-23(20)12-14-28-31/h6-14,16-17,29H,4-5,15H2,1-3H3. The van der Waals surface area contributed by atoms with E-state index in [0.29, 0.717) is 17.3 Å². The van der Waals surface area contributed by atoms with Gasteiger partial charge in [-0.3, -0.25) is 4.72 Å². The molecule has 0 radical (unpaired) electrons. The average Bonchev–Trinajstić information content (AvgIpc) is 3.35. The van der Waals surface area contributed by atoms with Gasteiger partial charge in [-0.2, -0.15) is 5.10 Å². The fourth-order valence-electron chi connectivity index (χ4n) is 4.12. The lowest BCUT2D eigenvalue weighted by Gasteiger charge is -2.16. The van der Waals surface area contributed by atoms with E-state index in [0.717, 1.165) is 24.7 Å². The van der Waals surface area contributed by atoms with Gasteiger partial charge in [0, 0.05) is 29.7 Å². The number of hydrogen-bond acceptors (Lipinski definition) is 6. The van der Waals surface area contributed by atoms with E-state index >= 15 is 0 Å². The van der Waals surface area contributed by atoms with E-state index in [-0.39, 0.29) is 21.7 Å². The van der Waals surface area contributed by atoms with Crippen molar-refractivity contribution < 1.29 is 22.3 Å². The lowest BCUT2D eigenvalue weighted by molar-refractivity contribution is 0.0604. The average molecular weight is 511 g/mol. The zero-order valence-corrected chi connectivity index (χ0v) is 21.0. The second-order valence-electron chi connectivity index (χ2n) is 8.09. The minimum Gasteiger partial charge on any atom is -0.465 e. The molecule has 4 aromatic rings. The van der Waals surface area contributed by atoms with Crippen molar-refractivity contribution in [1.29, 1.82) is 0 Å². The molecule has 4 rings (SSSR count). The number of halogens is 1. The molecule has 1 N–H and O–H groups in total. The summed E-state index contributed by atoms with van der Waals surface area (Å²) in [5.74, 6) is -1.25. The molecule has 0 aliphatic carbocycles. The zero-order chi connectivity index (χ0) is 25.9. The van der Waals surface area contributed by atoms with Crippen molar-refractivity contribution in [1.82, 2.24) is 14.5 Å². The van der Waals surface area contributed by atoms with Gasteiger partial charge in [0.1, 0.15) is 5.82 Å². The summed E-state index contributed by atoms with van der Waals surface area (Å²) in [5.41, 5.74) is 1.09. The van der Waals surface area contributed by atoms with Crippen LogP contribution < -0.4 is 4.72 Å². The minimum absolute atomic E-state index is 0.0561. The number of likely N-dealkylation sites (N-methyl/N-ethyl adjacent to an activating group) is 1. The number of nitrogens with zero attached hydrogens (tertiary/aromatic N) is 3. The van der Waals surface area contributed by atoms with Crippen LogP contribution in [0.2, 0.25) is 0 Å². The Balaban J connectivity index is 1.78. The molecule has 2 aromatic heterocycles. The van der Waals surface area contributed by atoms with Crippen LogP contribution >= 0.6 is 0 Å². The van der Waals surface area contributed by atoms with E-state index in [1.54, 1.807) is 47.3 Å². The number of hydrogen-bond donors (Lipinski definition) is 1. The maximum Gasteiger partial charge on any atom is 0.340 e. The number of benzene rings is 2. The van der Waals surface area contributed by atoms with E-state index in [4.69, 9.17) is 4.74 Å². The molecule has 0 unspecified atom stereocenters. The third-order valence-electron chi connectivity index (χ3n) is 6.02. The molecule has 0 fully saturated rings. The summed E-state index contributed by atoms with van der Waals surface area (Å²) in [4.78, 5) is 14.8. The number of rotatable bonds is 9. The predicted octanol–water partition coefficient (Wildman–Crippen LogP) is 4.57. The van der Waals surface area contributed by atoms with Gasteiger partial charge < -0.3 is 9.64 Å². The SMILES string of the molecule is CCN(CC)CC=Cc1cc(F)ccc1S(=O)(=O)Nc1ccc2c(ccn3nccc23)c1C(=O)OC. The number of anilines is 1. The van der Waals surface area contributed by atoms with Crippen LogP contribution in [-0.4, -0.2) is 55.6 Å². The van der Waals surface area contributed by atoms with Crippen LogP contribution in [0.25, 0.3) is 22.4 Å². The van der Waals surface area contributed by atoms with Gasteiger partial charge in [-0.25, -0.2) is 22.1 Å². The summed E-state index contributed by atoms with van der Waals surface area (Å²) in [6.07, 6.45) is 6.70. The lowest BCUT2D eigenvalue weighted by atomic mass is 10.0. The fraction of sp³-hybridized carbons (Fsp3) is 0.231. The molecule has 36 heavy (non-hydrogen) atoms. The molecular formula is C26H27FN4O4S. The van der Waals surface area contributed by atoms with Gasteiger partial charge in [-0.1, -0.05) is 32.1 Å². The number of ether oxygens (including phenoxy) is 1. The van der Waals surface area contributed by atoms with Gasteiger partial charge >= 0.3 is 5.97 Å². The van der Waals surface area contributed by atoms with Crippen molar-refractivity contribution in [2.45, 2.75) is 18.7 Å². The molecule has 0 aliphatic heterocycles. The van der Waals surface area contributed by atoms with Gasteiger partial charge in [0.15, 0.2) is 0 Å². The first-order valence-corrected chi connectivity index (χ1v) is 13.0.